The number of hydrogen-bond acceptors (Lipinski definition) is 6. The van der Waals surface area contributed by atoms with Crippen LogP contribution in [-0.4, -0.2) is 33.2 Å². The molecule has 1 aliphatic rings. The maximum atomic E-state index is 12.0. The smallest absolute Gasteiger partial charge is 0.291 e. The molecule has 128 valence electrons. The van der Waals surface area contributed by atoms with Gasteiger partial charge in [-0.3, -0.25) is 4.79 Å². The van der Waals surface area contributed by atoms with Gasteiger partial charge in [-0.15, -0.1) is 5.10 Å². The molecule has 1 N–H and O–H groups in total. The number of hydrogen-bond donors (Lipinski definition) is 1. The summed E-state index contributed by atoms with van der Waals surface area (Å²) in [6.45, 7) is 0. The molecule has 3 rings (SSSR count). The summed E-state index contributed by atoms with van der Waals surface area (Å²) in [4.78, 5) is 15.9. The fourth-order valence-corrected chi connectivity index (χ4v) is 3.23. The Labute approximate surface area is 153 Å². The van der Waals surface area contributed by atoms with Gasteiger partial charge in [-0.1, -0.05) is 0 Å². The molecule has 1 amide bonds. The topological polar surface area (TPSA) is 101 Å². The van der Waals surface area contributed by atoms with Crippen molar-refractivity contribution in [3.05, 3.63) is 46.5 Å². The first kappa shape index (κ1) is 17.3. The van der Waals surface area contributed by atoms with E-state index in [-0.39, 0.29) is 23.9 Å². The second-order valence-corrected chi connectivity index (χ2v) is 6.64. The first-order valence-corrected chi connectivity index (χ1v) is 8.76. The van der Waals surface area contributed by atoms with E-state index in [0.717, 1.165) is 35.9 Å². The molecule has 1 heterocycles. The number of amides is 1. The molecule has 1 fully saturated rings. The van der Waals surface area contributed by atoms with Crippen LogP contribution in [0.4, 0.5) is 0 Å². The summed E-state index contributed by atoms with van der Waals surface area (Å²) in [6, 6.07) is 7.54. The van der Waals surface area contributed by atoms with E-state index < -0.39 is 0 Å². The van der Waals surface area contributed by atoms with Crippen LogP contribution >= 0.6 is 15.9 Å². The molecule has 7 nitrogen and oxygen atoms in total. The summed E-state index contributed by atoms with van der Waals surface area (Å²) in [5.74, 6) is 0.527. The highest BCUT2D eigenvalue weighted by Crippen LogP contribution is 2.27. The highest BCUT2D eigenvalue weighted by atomic mass is 79.9. The maximum Gasteiger partial charge on any atom is 0.291 e. The van der Waals surface area contributed by atoms with E-state index in [9.17, 15) is 4.79 Å². The molecule has 1 aliphatic carbocycles. The molecule has 0 aliphatic heterocycles. The van der Waals surface area contributed by atoms with E-state index in [1.165, 1.54) is 12.4 Å². The molecular formula is C17H16BrN5O2. The number of ether oxygens (including phenoxy) is 1. The summed E-state index contributed by atoms with van der Waals surface area (Å²) < 4.78 is 6.71. The van der Waals surface area contributed by atoms with Crippen LogP contribution < -0.4 is 10.1 Å². The SMILES string of the molecule is N#Cc1ccc(OC2CCC(NC(=O)c3nccnn3)CC2)cc1Br. The number of halogens is 1. The van der Waals surface area contributed by atoms with E-state index >= 15 is 0 Å². The van der Waals surface area contributed by atoms with Crippen LogP contribution in [0.25, 0.3) is 0 Å². The Morgan fingerprint density at radius 2 is 2.08 bits per heavy atom. The van der Waals surface area contributed by atoms with Gasteiger partial charge in [0.2, 0.25) is 5.82 Å². The molecule has 0 saturated heterocycles. The van der Waals surface area contributed by atoms with Crippen LogP contribution in [0.15, 0.2) is 35.1 Å². The predicted molar refractivity (Wildman–Crippen MR) is 92.8 cm³/mol. The lowest BCUT2D eigenvalue weighted by Gasteiger charge is -2.29. The highest BCUT2D eigenvalue weighted by molar-refractivity contribution is 9.10. The molecule has 1 aromatic carbocycles. The number of carbonyl (C=O) groups excluding carboxylic acids is 1. The monoisotopic (exact) mass is 401 g/mol. The van der Waals surface area contributed by atoms with Gasteiger partial charge in [0.05, 0.1) is 17.9 Å². The fourth-order valence-electron chi connectivity index (χ4n) is 2.78. The van der Waals surface area contributed by atoms with E-state index in [4.69, 9.17) is 10.00 Å². The molecule has 2 aromatic rings. The first-order chi connectivity index (χ1) is 12.2. The van der Waals surface area contributed by atoms with Gasteiger partial charge in [-0.05, 0) is 59.8 Å². The summed E-state index contributed by atoms with van der Waals surface area (Å²) >= 11 is 3.36. The molecule has 0 spiro atoms. The van der Waals surface area contributed by atoms with E-state index in [0.29, 0.717) is 5.56 Å². The zero-order valence-corrected chi connectivity index (χ0v) is 14.9. The third-order valence-electron chi connectivity index (χ3n) is 4.06. The average Bonchev–Trinajstić information content (AvgIpc) is 2.64. The molecule has 0 atom stereocenters. The highest BCUT2D eigenvalue weighted by Gasteiger charge is 2.24. The van der Waals surface area contributed by atoms with Gasteiger partial charge < -0.3 is 10.1 Å². The minimum atomic E-state index is -0.298. The van der Waals surface area contributed by atoms with Crippen molar-refractivity contribution >= 4 is 21.8 Å². The Kier molecular flexibility index (Phi) is 5.56. The zero-order valence-electron chi connectivity index (χ0n) is 13.4. The predicted octanol–water partition coefficient (Wildman–Crippen LogP) is 2.63. The summed E-state index contributed by atoms with van der Waals surface area (Å²) in [6.07, 6.45) is 6.32. The third-order valence-corrected chi connectivity index (χ3v) is 4.71. The van der Waals surface area contributed by atoms with E-state index in [1.807, 2.05) is 6.07 Å². The lowest BCUT2D eigenvalue weighted by atomic mass is 9.93. The molecule has 1 saturated carbocycles. The van der Waals surface area contributed by atoms with Crippen LogP contribution in [0.2, 0.25) is 0 Å². The van der Waals surface area contributed by atoms with Gasteiger partial charge in [-0.2, -0.15) is 10.4 Å². The molecule has 8 heteroatoms. The van der Waals surface area contributed by atoms with Crippen LogP contribution in [0, 0.1) is 11.3 Å². The maximum absolute atomic E-state index is 12.0. The number of nitrogens with zero attached hydrogens (tertiary/aromatic N) is 4. The Morgan fingerprint density at radius 1 is 1.28 bits per heavy atom. The normalized spacial score (nSPS) is 19.7. The van der Waals surface area contributed by atoms with Crippen LogP contribution in [0.3, 0.4) is 0 Å². The number of nitrogens with one attached hydrogen (secondary N) is 1. The Morgan fingerprint density at radius 3 is 2.72 bits per heavy atom. The largest absolute Gasteiger partial charge is 0.490 e. The van der Waals surface area contributed by atoms with E-state index in [1.54, 1.807) is 12.1 Å². The zero-order chi connectivity index (χ0) is 17.6. The summed E-state index contributed by atoms with van der Waals surface area (Å²) in [5.41, 5.74) is 0.580. The standard InChI is InChI=1S/C17H16BrN5O2/c18-15-9-14(4-1-11(15)10-19)25-13-5-2-12(3-6-13)22-17(24)16-20-7-8-21-23-16/h1,4,7-9,12-13H,2-3,5-6H2,(H,22,24). The van der Waals surface area contributed by atoms with Crippen LogP contribution in [-0.2, 0) is 0 Å². The van der Waals surface area contributed by atoms with Gasteiger partial charge in [-0.25, -0.2) is 4.98 Å². The van der Waals surface area contributed by atoms with Gasteiger partial charge in [0.15, 0.2) is 0 Å². The number of benzene rings is 1. The number of aromatic nitrogens is 3. The van der Waals surface area contributed by atoms with Crippen molar-refractivity contribution in [2.45, 2.75) is 37.8 Å². The van der Waals surface area contributed by atoms with Crippen LogP contribution in [0.1, 0.15) is 41.9 Å². The Balaban J connectivity index is 1.50. The quantitative estimate of drug-likeness (QED) is 0.844. The van der Waals surface area contributed by atoms with Crippen LogP contribution in [0.5, 0.6) is 5.75 Å². The lowest BCUT2D eigenvalue weighted by Crippen LogP contribution is -2.40. The number of carbonyl (C=O) groups is 1. The number of nitriles is 1. The first-order valence-electron chi connectivity index (χ1n) is 7.96. The molecule has 0 bridgehead atoms. The summed E-state index contributed by atoms with van der Waals surface area (Å²) in [7, 11) is 0. The van der Waals surface area contributed by atoms with Crippen molar-refractivity contribution in [3.8, 4) is 11.8 Å². The van der Waals surface area contributed by atoms with Crippen molar-refractivity contribution in [3.63, 3.8) is 0 Å². The molecule has 1 aromatic heterocycles. The minimum absolute atomic E-state index is 0.0864. The third kappa shape index (κ3) is 4.51. The van der Waals surface area contributed by atoms with Gasteiger partial charge in [0, 0.05) is 16.7 Å². The Bertz CT molecular complexity index is 785. The second-order valence-electron chi connectivity index (χ2n) is 5.78. The van der Waals surface area contributed by atoms with Crippen molar-refractivity contribution in [2.24, 2.45) is 0 Å². The molecular weight excluding hydrogens is 386 g/mol. The lowest BCUT2D eigenvalue weighted by molar-refractivity contribution is 0.0882. The fraction of sp³-hybridized carbons (Fsp3) is 0.353. The minimum Gasteiger partial charge on any atom is -0.490 e. The molecule has 0 unspecified atom stereocenters. The summed E-state index contributed by atoms with van der Waals surface area (Å²) in [5, 5.41) is 19.3. The average molecular weight is 402 g/mol. The van der Waals surface area contributed by atoms with Gasteiger partial charge in [0.25, 0.3) is 5.91 Å². The Hall–Kier alpha value is -2.53. The molecule has 25 heavy (non-hydrogen) atoms. The van der Waals surface area contributed by atoms with Gasteiger partial charge >= 0.3 is 0 Å². The van der Waals surface area contributed by atoms with E-state index in [2.05, 4.69) is 42.5 Å². The second kappa shape index (κ2) is 8.03. The van der Waals surface area contributed by atoms with Crippen molar-refractivity contribution in [2.75, 3.05) is 0 Å². The van der Waals surface area contributed by atoms with Crippen molar-refractivity contribution in [1.29, 1.82) is 5.26 Å². The van der Waals surface area contributed by atoms with Gasteiger partial charge in [0.1, 0.15) is 11.8 Å². The molecule has 0 radical (unpaired) electrons. The van der Waals surface area contributed by atoms with Crippen molar-refractivity contribution in [1.82, 2.24) is 20.5 Å². The number of rotatable bonds is 4. The van der Waals surface area contributed by atoms with Crippen molar-refractivity contribution < 1.29 is 9.53 Å².